The number of carbonyl (C=O) groups excluding carboxylic acids is 2. The lowest BCUT2D eigenvalue weighted by Gasteiger charge is -2.34. The minimum absolute atomic E-state index is 0.0891. The molecule has 0 N–H and O–H groups in total. The fourth-order valence-electron chi connectivity index (χ4n) is 4.07. The summed E-state index contributed by atoms with van der Waals surface area (Å²) in [6, 6.07) is 2.70. The van der Waals surface area contributed by atoms with E-state index >= 15 is 0 Å². The van der Waals surface area contributed by atoms with Gasteiger partial charge in [-0.25, -0.2) is 9.59 Å². The first-order valence-electron chi connectivity index (χ1n) is 9.97. The Morgan fingerprint density at radius 2 is 1.27 bits per heavy atom. The zero-order chi connectivity index (χ0) is 19.7. The smallest absolute Gasteiger partial charge is 0.452 e. The molecule has 26 heavy (non-hydrogen) atoms. The van der Waals surface area contributed by atoms with Gasteiger partial charge in [-0.1, -0.05) is 51.8 Å². The Morgan fingerprint density at radius 1 is 0.846 bits per heavy atom. The van der Waals surface area contributed by atoms with Gasteiger partial charge in [-0.15, -0.1) is 0 Å². The molecule has 0 spiro atoms. The number of amides is 2. The van der Waals surface area contributed by atoms with Crippen molar-refractivity contribution < 1.29 is 18.8 Å². The Kier molecular flexibility index (Phi) is 9.47. The first-order valence-corrected chi connectivity index (χ1v) is 12.5. The third-order valence-corrected chi connectivity index (χ3v) is 9.72. The molecule has 2 amide bonds. The molecular formula is C19H36N2O4Si. The molecule has 0 unspecified atom stereocenters. The van der Waals surface area contributed by atoms with Crippen molar-refractivity contribution in [2.24, 2.45) is 28.0 Å². The second kappa shape index (κ2) is 10.8. The van der Waals surface area contributed by atoms with Crippen LogP contribution in [0.3, 0.4) is 0 Å². The van der Waals surface area contributed by atoms with E-state index in [1.807, 2.05) is 0 Å². The Bertz CT molecular complexity index is 459. The van der Waals surface area contributed by atoms with Crippen LogP contribution in [0.5, 0.6) is 0 Å². The minimum atomic E-state index is -2.31. The molecule has 150 valence electrons. The molecule has 1 saturated carbocycles. The fourth-order valence-corrected chi connectivity index (χ4v) is 9.69. The van der Waals surface area contributed by atoms with E-state index in [0.717, 1.165) is 43.8 Å². The normalized spacial score (nSPS) is 16.2. The van der Waals surface area contributed by atoms with Gasteiger partial charge in [-0.05, 0) is 61.6 Å². The van der Waals surface area contributed by atoms with Crippen molar-refractivity contribution in [3.8, 4) is 0 Å². The zero-order valence-corrected chi connectivity index (χ0v) is 18.3. The van der Waals surface area contributed by atoms with Crippen molar-refractivity contribution in [3.05, 3.63) is 0 Å². The summed E-state index contributed by atoms with van der Waals surface area (Å²) in [5, 5.41) is 6.92. The summed E-state index contributed by atoms with van der Waals surface area (Å²) in [6.45, 7) is 12.9. The highest BCUT2D eigenvalue weighted by molar-refractivity contribution is 6.75. The average Bonchev–Trinajstić information content (AvgIpc) is 2.95. The van der Waals surface area contributed by atoms with E-state index in [-0.39, 0.29) is 6.10 Å². The SMILES string of the molecule is CC(C)C[Si](CC(C)C)(CC(C)C)OC(=O)/N=N/C(=O)OC1CCCC1. The Labute approximate surface area is 159 Å². The molecular weight excluding hydrogens is 348 g/mol. The summed E-state index contributed by atoms with van der Waals surface area (Å²) >= 11 is 0. The van der Waals surface area contributed by atoms with E-state index < -0.39 is 20.5 Å². The molecule has 6 nitrogen and oxygen atoms in total. The van der Waals surface area contributed by atoms with Gasteiger partial charge in [0, 0.05) is 0 Å². The molecule has 0 atom stereocenters. The lowest BCUT2D eigenvalue weighted by atomic mass is 10.2. The maximum absolute atomic E-state index is 12.3. The monoisotopic (exact) mass is 384 g/mol. The van der Waals surface area contributed by atoms with E-state index in [1.165, 1.54) is 0 Å². The van der Waals surface area contributed by atoms with Gasteiger partial charge in [0.15, 0.2) is 0 Å². The van der Waals surface area contributed by atoms with E-state index in [4.69, 9.17) is 9.16 Å². The van der Waals surface area contributed by atoms with Gasteiger partial charge >= 0.3 is 12.2 Å². The highest BCUT2D eigenvalue weighted by Crippen LogP contribution is 2.33. The van der Waals surface area contributed by atoms with Gasteiger partial charge in [0.05, 0.1) is 0 Å². The Morgan fingerprint density at radius 3 is 1.69 bits per heavy atom. The van der Waals surface area contributed by atoms with Crippen LogP contribution in [0.1, 0.15) is 67.2 Å². The molecule has 1 aliphatic rings. The average molecular weight is 385 g/mol. The summed E-state index contributed by atoms with van der Waals surface area (Å²) in [4.78, 5) is 24.0. The Balaban J connectivity index is 2.74. The van der Waals surface area contributed by atoms with Gasteiger partial charge < -0.3 is 9.16 Å². The molecule has 0 aliphatic heterocycles. The van der Waals surface area contributed by atoms with Crippen LogP contribution in [0.2, 0.25) is 18.1 Å². The second-order valence-corrected chi connectivity index (χ2v) is 12.6. The van der Waals surface area contributed by atoms with Gasteiger partial charge in [0.1, 0.15) is 6.10 Å². The fraction of sp³-hybridized carbons (Fsp3) is 0.895. The maximum Gasteiger partial charge on any atom is 0.452 e. The second-order valence-electron chi connectivity index (χ2n) is 8.84. The van der Waals surface area contributed by atoms with E-state index in [9.17, 15) is 9.59 Å². The van der Waals surface area contributed by atoms with Crippen LogP contribution in [-0.4, -0.2) is 26.6 Å². The molecule has 0 aromatic carbocycles. The van der Waals surface area contributed by atoms with Crippen LogP contribution in [0.15, 0.2) is 10.2 Å². The summed E-state index contributed by atoms with van der Waals surface area (Å²) < 4.78 is 11.1. The molecule has 1 rings (SSSR count). The predicted octanol–water partition coefficient (Wildman–Crippen LogP) is 6.57. The van der Waals surface area contributed by atoms with Crippen LogP contribution in [-0.2, 0) is 9.16 Å². The van der Waals surface area contributed by atoms with Gasteiger partial charge in [-0.3, -0.25) is 0 Å². The first kappa shape index (κ1) is 22.8. The van der Waals surface area contributed by atoms with E-state index in [0.29, 0.717) is 17.8 Å². The number of ether oxygens (including phenoxy) is 1. The van der Waals surface area contributed by atoms with Crippen LogP contribution in [0.25, 0.3) is 0 Å². The number of rotatable bonds is 8. The van der Waals surface area contributed by atoms with E-state index in [2.05, 4.69) is 51.8 Å². The number of hydrogen-bond acceptors (Lipinski definition) is 4. The lowest BCUT2D eigenvalue weighted by Crippen LogP contribution is -2.43. The molecule has 7 heteroatoms. The lowest BCUT2D eigenvalue weighted by molar-refractivity contribution is 0.108. The van der Waals surface area contributed by atoms with Gasteiger partial charge in [-0.2, -0.15) is 0 Å². The number of carbonyl (C=O) groups is 2. The van der Waals surface area contributed by atoms with Crippen LogP contribution in [0, 0.1) is 17.8 Å². The van der Waals surface area contributed by atoms with E-state index in [1.54, 1.807) is 0 Å². The molecule has 0 heterocycles. The molecule has 1 aliphatic carbocycles. The maximum atomic E-state index is 12.3. The number of nitrogens with zero attached hydrogens (tertiary/aromatic N) is 2. The van der Waals surface area contributed by atoms with Crippen molar-refractivity contribution in [1.82, 2.24) is 0 Å². The largest absolute Gasteiger partial charge is 0.501 e. The highest BCUT2D eigenvalue weighted by atomic mass is 28.4. The third kappa shape index (κ3) is 8.92. The van der Waals surface area contributed by atoms with Crippen molar-refractivity contribution in [2.45, 2.75) is 91.5 Å². The number of azo groups is 1. The van der Waals surface area contributed by atoms with Crippen molar-refractivity contribution in [2.75, 3.05) is 0 Å². The summed E-state index contributed by atoms with van der Waals surface area (Å²) in [6.07, 6.45) is 2.21. The highest BCUT2D eigenvalue weighted by Gasteiger charge is 2.40. The number of hydrogen-bond donors (Lipinski definition) is 0. The van der Waals surface area contributed by atoms with Crippen molar-refractivity contribution >= 4 is 20.5 Å². The molecule has 0 aromatic rings. The molecule has 0 bridgehead atoms. The Hall–Kier alpha value is -1.24. The first-order chi connectivity index (χ1) is 12.1. The standard InChI is InChI=1S/C19H36N2O4Si/c1-14(2)11-26(12-15(3)4,13-16(5)6)25-19(23)21-20-18(22)24-17-9-7-8-10-17/h14-17H,7-13H2,1-6H3/b21-20+. The quantitative estimate of drug-likeness (QED) is 0.350. The van der Waals surface area contributed by atoms with Crippen LogP contribution in [0.4, 0.5) is 9.59 Å². The summed E-state index contributed by atoms with van der Waals surface area (Å²) in [5.74, 6) is 1.32. The minimum Gasteiger partial charge on any atom is -0.501 e. The van der Waals surface area contributed by atoms with Crippen LogP contribution >= 0.6 is 0 Å². The van der Waals surface area contributed by atoms with Gasteiger partial charge in [0.25, 0.3) is 8.32 Å². The molecule has 1 fully saturated rings. The molecule has 0 radical (unpaired) electrons. The summed E-state index contributed by atoms with van der Waals surface area (Å²) in [5.41, 5.74) is 0. The summed E-state index contributed by atoms with van der Waals surface area (Å²) in [7, 11) is -2.31. The van der Waals surface area contributed by atoms with Gasteiger partial charge in [0.2, 0.25) is 0 Å². The zero-order valence-electron chi connectivity index (χ0n) is 17.3. The van der Waals surface area contributed by atoms with Crippen LogP contribution < -0.4 is 0 Å². The topological polar surface area (TPSA) is 77.3 Å². The van der Waals surface area contributed by atoms with Crippen molar-refractivity contribution in [3.63, 3.8) is 0 Å². The van der Waals surface area contributed by atoms with Crippen molar-refractivity contribution in [1.29, 1.82) is 0 Å². The third-order valence-electron chi connectivity index (χ3n) is 4.43. The molecule has 0 saturated heterocycles. The molecule has 0 aromatic heterocycles. The predicted molar refractivity (Wildman–Crippen MR) is 105 cm³/mol.